The summed E-state index contributed by atoms with van der Waals surface area (Å²) >= 11 is 0. The van der Waals surface area contributed by atoms with Crippen molar-refractivity contribution in [1.82, 2.24) is 15.3 Å². The zero-order valence-electron chi connectivity index (χ0n) is 11.6. The zero-order valence-corrected chi connectivity index (χ0v) is 11.6. The van der Waals surface area contributed by atoms with Crippen molar-refractivity contribution in [3.8, 4) is 0 Å². The van der Waals surface area contributed by atoms with Gasteiger partial charge in [-0.05, 0) is 24.3 Å². The van der Waals surface area contributed by atoms with Gasteiger partial charge in [-0.3, -0.25) is 14.9 Å². The van der Waals surface area contributed by atoms with E-state index in [0.717, 1.165) is 10.9 Å². The van der Waals surface area contributed by atoms with Crippen LogP contribution in [0.4, 0.5) is 0 Å². The molecule has 0 aliphatic carbocycles. The van der Waals surface area contributed by atoms with Crippen LogP contribution in [0, 0.1) is 0 Å². The molecule has 2 aromatic heterocycles. The molecule has 0 saturated carbocycles. The van der Waals surface area contributed by atoms with Gasteiger partial charge in [-0.1, -0.05) is 24.3 Å². The van der Waals surface area contributed by atoms with Gasteiger partial charge < -0.3 is 4.98 Å². The Hall–Kier alpha value is -3.21. The summed E-state index contributed by atoms with van der Waals surface area (Å²) in [5, 5.41) is 3.20. The van der Waals surface area contributed by atoms with Crippen LogP contribution in [0.2, 0.25) is 0 Å². The molecule has 0 fully saturated rings. The number of amides is 2. The van der Waals surface area contributed by atoms with E-state index in [0.29, 0.717) is 11.3 Å². The molecular formula is C17H13N3O2. The van der Waals surface area contributed by atoms with Gasteiger partial charge in [0.25, 0.3) is 11.8 Å². The Morgan fingerprint density at radius 2 is 1.64 bits per heavy atom. The molecule has 4 rings (SSSR count). The second-order valence-electron chi connectivity index (χ2n) is 4.65. The molecule has 5 heteroatoms. The van der Waals surface area contributed by atoms with E-state index in [1.807, 2.05) is 54.9 Å². The summed E-state index contributed by atoms with van der Waals surface area (Å²) in [6.45, 7) is 0. The Balaban J connectivity index is 0.000000246. The summed E-state index contributed by atoms with van der Waals surface area (Å²) in [6, 6.07) is 15.1. The predicted molar refractivity (Wildman–Crippen MR) is 83.7 cm³/mol. The third kappa shape index (κ3) is 2.93. The van der Waals surface area contributed by atoms with E-state index in [4.69, 9.17) is 0 Å². The van der Waals surface area contributed by atoms with Crippen LogP contribution in [-0.2, 0) is 9.59 Å². The maximum absolute atomic E-state index is 11.5. The third-order valence-electron chi connectivity index (χ3n) is 3.13. The van der Waals surface area contributed by atoms with Gasteiger partial charge in [-0.25, -0.2) is 4.98 Å². The van der Waals surface area contributed by atoms with Crippen LogP contribution < -0.4 is 5.32 Å². The minimum atomic E-state index is -0.391. The van der Waals surface area contributed by atoms with E-state index in [-0.39, 0.29) is 5.91 Å². The first-order valence-electron chi connectivity index (χ1n) is 6.75. The van der Waals surface area contributed by atoms with E-state index in [1.54, 1.807) is 6.07 Å². The number of aromatic amines is 1. The van der Waals surface area contributed by atoms with Crippen LogP contribution >= 0.6 is 0 Å². The molecule has 3 heterocycles. The number of nitrogens with one attached hydrogen (secondary N) is 2. The normalized spacial score (nSPS) is 13.4. The molecule has 108 valence electrons. The fraction of sp³-hybridized carbons (Fsp3) is 0. The maximum Gasteiger partial charge on any atom is 0.260 e. The highest BCUT2D eigenvalue weighted by Crippen LogP contribution is 2.19. The fourth-order valence-electron chi connectivity index (χ4n) is 2.10. The lowest BCUT2D eigenvalue weighted by molar-refractivity contribution is -0.123. The smallest absolute Gasteiger partial charge is 0.260 e. The van der Waals surface area contributed by atoms with Crippen molar-refractivity contribution in [2.45, 2.75) is 0 Å². The number of hydrogen-bond acceptors (Lipinski definition) is 3. The van der Waals surface area contributed by atoms with Gasteiger partial charge in [0.2, 0.25) is 0 Å². The first-order chi connectivity index (χ1) is 10.7. The number of fused-ring (bicyclic) bond motifs is 1. The second kappa shape index (κ2) is 6.05. The molecular weight excluding hydrogens is 278 g/mol. The van der Waals surface area contributed by atoms with Crippen molar-refractivity contribution in [3.05, 3.63) is 72.7 Å². The highest BCUT2D eigenvalue weighted by atomic mass is 16.2. The Morgan fingerprint density at radius 1 is 0.864 bits per heavy atom. The molecule has 0 saturated heterocycles. The van der Waals surface area contributed by atoms with Crippen LogP contribution in [0.15, 0.2) is 67.0 Å². The molecule has 1 aliphatic rings. The Bertz CT molecular complexity index is 834. The molecule has 0 unspecified atom stereocenters. The van der Waals surface area contributed by atoms with Crippen molar-refractivity contribution in [3.63, 3.8) is 0 Å². The number of rotatable bonds is 1. The van der Waals surface area contributed by atoms with E-state index < -0.39 is 5.91 Å². The third-order valence-corrected chi connectivity index (χ3v) is 3.13. The number of imide groups is 1. The van der Waals surface area contributed by atoms with Crippen molar-refractivity contribution < 1.29 is 9.59 Å². The number of nitrogens with zero attached hydrogens (tertiary/aromatic N) is 1. The minimum absolute atomic E-state index is 0.320. The van der Waals surface area contributed by atoms with E-state index in [9.17, 15) is 9.59 Å². The first kappa shape index (κ1) is 13.8. The lowest BCUT2D eigenvalue weighted by Gasteiger charge is -2.01. The van der Waals surface area contributed by atoms with Crippen LogP contribution in [0.3, 0.4) is 0 Å². The topological polar surface area (TPSA) is 74.8 Å². The maximum atomic E-state index is 11.5. The number of hydrogen-bond donors (Lipinski definition) is 2. The SMILES string of the molecule is O=C1C=C(c2ccc3ccccc3n2)C(=O)N1.c1cc[nH]c1. The van der Waals surface area contributed by atoms with Gasteiger partial charge in [-0.2, -0.15) is 0 Å². The molecule has 0 bridgehead atoms. The number of benzene rings is 1. The molecule has 22 heavy (non-hydrogen) atoms. The van der Waals surface area contributed by atoms with E-state index in [2.05, 4.69) is 15.3 Å². The van der Waals surface area contributed by atoms with Crippen LogP contribution in [-0.4, -0.2) is 21.8 Å². The monoisotopic (exact) mass is 291 g/mol. The summed E-state index contributed by atoms with van der Waals surface area (Å²) < 4.78 is 0. The number of pyridine rings is 1. The summed E-state index contributed by atoms with van der Waals surface area (Å²) in [6.07, 6.45) is 5.03. The van der Waals surface area contributed by atoms with Crippen molar-refractivity contribution in [2.24, 2.45) is 0 Å². The first-order valence-corrected chi connectivity index (χ1v) is 6.75. The molecule has 3 aromatic rings. The standard InChI is InChI=1S/C13H8N2O2.C4H5N/c16-12-7-9(13(17)15-12)11-6-5-8-3-1-2-4-10(8)14-11;1-2-4-5-3-1/h1-7H,(H,15,16,17);1-5H. The van der Waals surface area contributed by atoms with Crippen LogP contribution in [0.25, 0.3) is 16.5 Å². The van der Waals surface area contributed by atoms with Crippen LogP contribution in [0.1, 0.15) is 5.69 Å². The molecule has 1 aliphatic heterocycles. The summed E-state index contributed by atoms with van der Waals surface area (Å²) in [7, 11) is 0. The second-order valence-corrected chi connectivity index (χ2v) is 4.65. The molecule has 0 spiro atoms. The van der Waals surface area contributed by atoms with Gasteiger partial charge in [0, 0.05) is 23.9 Å². The molecule has 5 nitrogen and oxygen atoms in total. The predicted octanol–water partition coefficient (Wildman–Crippen LogP) is 2.29. The van der Waals surface area contributed by atoms with Crippen molar-refractivity contribution >= 4 is 28.3 Å². The molecule has 2 N–H and O–H groups in total. The Kier molecular flexibility index (Phi) is 3.78. The number of para-hydroxylation sites is 1. The molecule has 2 amide bonds. The highest BCUT2D eigenvalue weighted by molar-refractivity contribution is 6.33. The Morgan fingerprint density at radius 3 is 2.27 bits per heavy atom. The Labute approximate surface area is 126 Å². The molecule has 0 radical (unpaired) electrons. The number of aromatic nitrogens is 2. The highest BCUT2D eigenvalue weighted by Gasteiger charge is 2.23. The quantitative estimate of drug-likeness (QED) is 0.675. The average Bonchev–Trinajstić information content (AvgIpc) is 3.20. The van der Waals surface area contributed by atoms with Crippen molar-refractivity contribution in [2.75, 3.05) is 0 Å². The minimum Gasteiger partial charge on any atom is -0.368 e. The van der Waals surface area contributed by atoms with E-state index >= 15 is 0 Å². The molecule has 1 aromatic carbocycles. The summed E-state index contributed by atoms with van der Waals surface area (Å²) in [5.41, 5.74) is 1.64. The number of carbonyl (C=O) groups is 2. The van der Waals surface area contributed by atoms with Gasteiger partial charge in [-0.15, -0.1) is 0 Å². The van der Waals surface area contributed by atoms with E-state index in [1.165, 1.54) is 6.08 Å². The number of H-pyrrole nitrogens is 1. The number of carbonyl (C=O) groups excluding carboxylic acids is 2. The fourth-order valence-corrected chi connectivity index (χ4v) is 2.10. The summed E-state index contributed by atoms with van der Waals surface area (Å²) in [5.74, 6) is -0.780. The summed E-state index contributed by atoms with van der Waals surface area (Å²) in [4.78, 5) is 29.8. The van der Waals surface area contributed by atoms with Crippen LogP contribution in [0.5, 0.6) is 0 Å². The zero-order chi connectivity index (χ0) is 15.4. The lowest BCUT2D eigenvalue weighted by Crippen LogP contribution is -2.21. The van der Waals surface area contributed by atoms with Gasteiger partial charge in [0.05, 0.1) is 16.8 Å². The van der Waals surface area contributed by atoms with Crippen molar-refractivity contribution in [1.29, 1.82) is 0 Å². The van der Waals surface area contributed by atoms with Gasteiger partial charge in [0.1, 0.15) is 0 Å². The van der Waals surface area contributed by atoms with Gasteiger partial charge in [0.15, 0.2) is 0 Å². The lowest BCUT2D eigenvalue weighted by atomic mass is 10.1. The molecule has 0 atom stereocenters. The largest absolute Gasteiger partial charge is 0.368 e. The van der Waals surface area contributed by atoms with Gasteiger partial charge >= 0.3 is 0 Å². The average molecular weight is 291 g/mol.